The first kappa shape index (κ1) is 23.5. The number of aliphatic imine (C=N–C) groups is 2. The smallest absolute Gasteiger partial charge is 0.124 e. The van der Waals surface area contributed by atoms with Gasteiger partial charge in [-0.25, -0.2) is 0 Å². The molecule has 1 heterocycles. The third kappa shape index (κ3) is 5.81. The third-order valence-corrected chi connectivity index (χ3v) is 5.95. The van der Waals surface area contributed by atoms with E-state index in [1.54, 1.807) is 42.8 Å². The summed E-state index contributed by atoms with van der Waals surface area (Å²) in [5.74, 6) is 0.713. The fourth-order valence-electron chi connectivity index (χ4n) is 4.19. The molecule has 0 atom stereocenters. The summed E-state index contributed by atoms with van der Waals surface area (Å²) in [5.41, 5.74) is 2.27. The van der Waals surface area contributed by atoms with Crippen LogP contribution in [0.2, 0.25) is 0 Å². The van der Waals surface area contributed by atoms with E-state index in [9.17, 15) is 15.3 Å². The molecule has 3 N–H and O–H groups in total. The Hall–Kier alpha value is -3.68. The number of aromatic hydroxyl groups is 3. The summed E-state index contributed by atoms with van der Waals surface area (Å²) >= 11 is 0. The highest BCUT2D eigenvalue weighted by atomic mass is 16.3. The van der Waals surface area contributed by atoms with Crippen LogP contribution in [0.15, 0.2) is 82.8 Å². The van der Waals surface area contributed by atoms with Gasteiger partial charge in [-0.15, -0.1) is 0 Å². The van der Waals surface area contributed by atoms with E-state index in [2.05, 4.69) is 19.8 Å². The number of rotatable bonds is 9. The van der Waals surface area contributed by atoms with E-state index in [1.165, 1.54) is 0 Å². The number of para-hydroxylation sites is 3. The second kappa shape index (κ2) is 11.4. The summed E-state index contributed by atoms with van der Waals surface area (Å²) in [5, 5.41) is 30.4. The van der Waals surface area contributed by atoms with E-state index in [4.69, 9.17) is 0 Å². The van der Waals surface area contributed by atoms with E-state index in [1.807, 2.05) is 42.5 Å². The fourth-order valence-corrected chi connectivity index (χ4v) is 4.19. The average Bonchev–Trinajstić information content (AvgIpc) is 3.24. The second-order valence-corrected chi connectivity index (χ2v) is 8.19. The quantitative estimate of drug-likeness (QED) is 0.426. The van der Waals surface area contributed by atoms with Crippen molar-refractivity contribution in [3.8, 4) is 17.2 Å². The van der Waals surface area contributed by atoms with Crippen LogP contribution in [-0.4, -0.2) is 76.8 Å². The predicted molar refractivity (Wildman–Crippen MR) is 135 cm³/mol. The molecule has 3 aromatic carbocycles. The van der Waals surface area contributed by atoms with Gasteiger partial charge in [-0.1, -0.05) is 42.5 Å². The molecular weight excluding hydrogens is 428 g/mol. The van der Waals surface area contributed by atoms with Crippen molar-refractivity contribution >= 4 is 12.4 Å². The van der Waals surface area contributed by atoms with E-state index in [-0.39, 0.29) is 23.4 Å². The largest absolute Gasteiger partial charge is 0.508 e. The maximum Gasteiger partial charge on any atom is 0.124 e. The van der Waals surface area contributed by atoms with Crippen LogP contribution >= 0.6 is 0 Å². The standard InChI is InChI=1S/C27H30N4O3/c32-24-10-4-1-7-21(24)19-28-13-15-30-17-18-31(27(30)23-9-3-6-12-26(23)34)16-14-29-20-22-8-2-5-11-25(22)33/h1-12,19-20,27,32-34H,13-18H2. The van der Waals surface area contributed by atoms with Crippen molar-refractivity contribution in [3.05, 3.63) is 89.5 Å². The highest BCUT2D eigenvalue weighted by Gasteiger charge is 2.33. The molecule has 0 unspecified atom stereocenters. The van der Waals surface area contributed by atoms with Gasteiger partial charge in [0.1, 0.15) is 17.2 Å². The zero-order chi connectivity index (χ0) is 23.8. The Morgan fingerprint density at radius 1 is 0.647 bits per heavy atom. The van der Waals surface area contributed by atoms with Crippen LogP contribution in [-0.2, 0) is 0 Å². The van der Waals surface area contributed by atoms with Crippen LogP contribution in [0.5, 0.6) is 17.2 Å². The Morgan fingerprint density at radius 2 is 1.09 bits per heavy atom. The van der Waals surface area contributed by atoms with Gasteiger partial charge in [0, 0.05) is 55.3 Å². The summed E-state index contributed by atoms with van der Waals surface area (Å²) in [4.78, 5) is 13.6. The molecule has 7 nitrogen and oxygen atoms in total. The van der Waals surface area contributed by atoms with Gasteiger partial charge in [0.25, 0.3) is 0 Å². The van der Waals surface area contributed by atoms with E-state index in [0.29, 0.717) is 24.2 Å². The van der Waals surface area contributed by atoms with Crippen LogP contribution in [0.25, 0.3) is 0 Å². The number of phenols is 3. The highest BCUT2D eigenvalue weighted by Crippen LogP contribution is 2.34. The summed E-state index contributed by atoms with van der Waals surface area (Å²) in [6, 6.07) is 21.7. The molecule has 0 aromatic heterocycles. The highest BCUT2D eigenvalue weighted by molar-refractivity contribution is 5.83. The summed E-state index contributed by atoms with van der Waals surface area (Å²) in [6.45, 7) is 4.32. The first-order valence-electron chi connectivity index (χ1n) is 11.4. The molecule has 0 amide bonds. The molecule has 1 aliphatic heterocycles. The number of hydrogen-bond donors (Lipinski definition) is 3. The number of benzene rings is 3. The minimum Gasteiger partial charge on any atom is -0.508 e. The molecule has 1 aliphatic rings. The molecule has 7 heteroatoms. The Labute approximate surface area is 200 Å². The zero-order valence-corrected chi connectivity index (χ0v) is 19.0. The number of nitrogens with zero attached hydrogens (tertiary/aromatic N) is 4. The van der Waals surface area contributed by atoms with Crippen molar-refractivity contribution < 1.29 is 15.3 Å². The number of phenolic OH excluding ortho intramolecular Hbond substituents is 3. The van der Waals surface area contributed by atoms with Gasteiger partial charge in [0.15, 0.2) is 0 Å². The lowest BCUT2D eigenvalue weighted by Crippen LogP contribution is -2.33. The van der Waals surface area contributed by atoms with Crippen molar-refractivity contribution in [3.63, 3.8) is 0 Å². The maximum absolute atomic E-state index is 10.5. The zero-order valence-electron chi connectivity index (χ0n) is 19.0. The topological polar surface area (TPSA) is 91.9 Å². The Bertz CT molecular complexity index is 1080. The molecule has 0 aliphatic carbocycles. The van der Waals surface area contributed by atoms with E-state index < -0.39 is 0 Å². The Morgan fingerprint density at radius 3 is 1.56 bits per heavy atom. The second-order valence-electron chi connectivity index (χ2n) is 8.19. The third-order valence-electron chi connectivity index (χ3n) is 5.95. The van der Waals surface area contributed by atoms with Crippen LogP contribution < -0.4 is 0 Å². The molecule has 0 bridgehead atoms. The van der Waals surface area contributed by atoms with Gasteiger partial charge in [-0.2, -0.15) is 0 Å². The van der Waals surface area contributed by atoms with Gasteiger partial charge in [0.2, 0.25) is 0 Å². The lowest BCUT2D eigenvalue weighted by molar-refractivity contribution is 0.140. The minimum absolute atomic E-state index is 0.0677. The van der Waals surface area contributed by atoms with Gasteiger partial charge in [-0.05, 0) is 30.3 Å². The lowest BCUT2D eigenvalue weighted by atomic mass is 10.1. The maximum atomic E-state index is 10.5. The van der Waals surface area contributed by atoms with Crippen LogP contribution in [0.4, 0.5) is 0 Å². The molecule has 3 aromatic rings. The van der Waals surface area contributed by atoms with Crippen LogP contribution in [0.3, 0.4) is 0 Å². The minimum atomic E-state index is -0.0677. The van der Waals surface area contributed by atoms with Gasteiger partial charge >= 0.3 is 0 Å². The molecule has 0 spiro atoms. The van der Waals surface area contributed by atoms with Crippen molar-refractivity contribution in [2.24, 2.45) is 9.98 Å². The van der Waals surface area contributed by atoms with Gasteiger partial charge in [-0.3, -0.25) is 19.8 Å². The first-order valence-corrected chi connectivity index (χ1v) is 11.4. The molecular formula is C27H30N4O3. The average molecular weight is 459 g/mol. The lowest BCUT2D eigenvalue weighted by Gasteiger charge is -2.30. The fraction of sp³-hybridized carbons (Fsp3) is 0.259. The van der Waals surface area contributed by atoms with Crippen LogP contribution in [0.1, 0.15) is 22.9 Å². The molecule has 34 heavy (non-hydrogen) atoms. The summed E-state index contributed by atoms with van der Waals surface area (Å²) in [7, 11) is 0. The summed E-state index contributed by atoms with van der Waals surface area (Å²) < 4.78 is 0. The van der Waals surface area contributed by atoms with E-state index >= 15 is 0 Å². The molecule has 1 fully saturated rings. The summed E-state index contributed by atoms with van der Waals surface area (Å²) in [6.07, 6.45) is 3.33. The molecule has 176 valence electrons. The van der Waals surface area contributed by atoms with Crippen molar-refractivity contribution in [2.45, 2.75) is 6.17 Å². The van der Waals surface area contributed by atoms with Gasteiger partial charge < -0.3 is 15.3 Å². The van der Waals surface area contributed by atoms with Crippen molar-refractivity contribution in [1.82, 2.24) is 9.80 Å². The Kier molecular flexibility index (Phi) is 7.91. The SMILES string of the molecule is Oc1ccccc1C=NCCN1CCN(CCN=Cc2ccccc2O)C1c1ccccc1O. The molecule has 4 rings (SSSR count). The number of hydrogen-bond acceptors (Lipinski definition) is 7. The van der Waals surface area contributed by atoms with Crippen molar-refractivity contribution in [1.29, 1.82) is 0 Å². The molecule has 0 saturated carbocycles. The molecule has 1 saturated heterocycles. The van der Waals surface area contributed by atoms with Crippen LogP contribution in [0, 0.1) is 0 Å². The predicted octanol–water partition coefficient (Wildman–Crippen LogP) is 3.66. The van der Waals surface area contributed by atoms with E-state index in [0.717, 1.165) is 31.7 Å². The van der Waals surface area contributed by atoms with Gasteiger partial charge in [0.05, 0.1) is 19.3 Å². The molecule has 0 radical (unpaired) electrons. The first-order chi connectivity index (χ1) is 16.6. The normalized spacial score (nSPS) is 17.2. The Balaban J connectivity index is 1.41. The van der Waals surface area contributed by atoms with Crippen molar-refractivity contribution in [2.75, 3.05) is 39.3 Å². The monoisotopic (exact) mass is 458 g/mol.